The molecule has 1 spiro atoms. The second-order valence-electron chi connectivity index (χ2n) is 15.9. The topological polar surface area (TPSA) is 52.8 Å². The molecule has 284 valence electrons. The van der Waals surface area contributed by atoms with Crippen LogP contribution in [0.1, 0.15) is 22.3 Å². The second-order valence-corrected chi connectivity index (χ2v) is 15.9. The van der Waals surface area contributed by atoms with Crippen molar-refractivity contribution in [2.75, 3.05) is 0 Å². The van der Waals surface area contributed by atoms with E-state index in [0.717, 1.165) is 56.1 Å². The normalized spacial score (nSPS) is 13.2. The second kappa shape index (κ2) is 12.9. The molecule has 0 amide bonds. The fourth-order valence-corrected chi connectivity index (χ4v) is 10.1. The summed E-state index contributed by atoms with van der Waals surface area (Å²) in [4.78, 5) is 15.3. The van der Waals surface area contributed by atoms with E-state index in [-0.39, 0.29) is 0 Å². The summed E-state index contributed by atoms with van der Waals surface area (Å²) in [6.07, 6.45) is 0. The van der Waals surface area contributed by atoms with Gasteiger partial charge in [-0.3, -0.25) is 0 Å². The van der Waals surface area contributed by atoms with Crippen molar-refractivity contribution in [3.63, 3.8) is 0 Å². The van der Waals surface area contributed by atoms with E-state index in [9.17, 15) is 0 Å². The largest absolute Gasteiger partial charge is 0.457 e. The monoisotopic (exact) mass is 778 g/mol. The minimum atomic E-state index is -0.674. The van der Waals surface area contributed by atoms with Crippen molar-refractivity contribution < 1.29 is 4.74 Å². The van der Waals surface area contributed by atoms with E-state index in [1.165, 1.54) is 43.8 Å². The highest BCUT2D eigenvalue weighted by atomic mass is 16.5. The number of aromatic nitrogens is 4. The van der Waals surface area contributed by atoms with Crippen molar-refractivity contribution >= 4 is 32.6 Å². The molecular weight excluding hydrogens is 745 g/mol. The number of ether oxygens (including phenoxy) is 1. The molecule has 0 saturated heterocycles. The van der Waals surface area contributed by atoms with Crippen LogP contribution in [0.3, 0.4) is 0 Å². The SMILES string of the molecule is c1ccc(-c2nc(-c3ccccc3)nc(-c3ccc4c(c3)-c3cc5c6ccc7ccccc7c6n(-c6ccccc6)c5cc3C43c4ccccc4Oc4ccccc43)n2)cc1. The van der Waals surface area contributed by atoms with Crippen molar-refractivity contribution in [3.05, 3.63) is 229 Å². The van der Waals surface area contributed by atoms with Gasteiger partial charge in [0.1, 0.15) is 11.5 Å². The van der Waals surface area contributed by atoms with Crippen molar-refractivity contribution in [1.29, 1.82) is 0 Å². The molecule has 5 nitrogen and oxygen atoms in total. The summed E-state index contributed by atoms with van der Waals surface area (Å²) in [5.74, 6) is 3.61. The van der Waals surface area contributed by atoms with Gasteiger partial charge < -0.3 is 9.30 Å². The van der Waals surface area contributed by atoms with Gasteiger partial charge in [-0.05, 0) is 70.1 Å². The minimum absolute atomic E-state index is 0.624. The summed E-state index contributed by atoms with van der Waals surface area (Å²) in [5.41, 5.74) is 12.6. The van der Waals surface area contributed by atoms with Crippen molar-refractivity contribution in [2.24, 2.45) is 0 Å². The number of hydrogen-bond acceptors (Lipinski definition) is 4. The first-order chi connectivity index (χ1) is 30.2. The average Bonchev–Trinajstić information content (AvgIpc) is 3.81. The standard InChI is InChI=1S/C56H34N4O/c1-4-17-36(18-5-1)53-57-54(37-19-6-2-7-20-37)59-55(58-53)38-29-31-45-42(32-38)43-33-44-41-30-28-35-16-10-11-23-40(35)52(41)60(39-21-8-3-9-22-39)49(44)34-48(43)56(45)46-24-12-14-26-50(46)61-51-27-15-13-25-47(51)56/h1-34H. The van der Waals surface area contributed by atoms with Crippen LogP contribution >= 0.6 is 0 Å². The molecule has 0 atom stereocenters. The van der Waals surface area contributed by atoms with Crippen LogP contribution < -0.4 is 4.74 Å². The van der Waals surface area contributed by atoms with Gasteiger partial charge in [-0.1, -0.05) is 164 Å². The molecule has 5 heteroatoms. The van der Waals surface area contributed by atoms with Gasteiger partial charge in [0, 0.05) is 49.7 Å². The lowest BCUT2D eigenvalue weighted by molar-refractivity contribution is 0.436. The molecule has 3 heterocycles. The lowest BCUT2D eigenvalue weighted by Gasteiger charge is -2.39. The fourth-order valence-electron chi connectivity index (χ4n) is 10.1. The van der Waals surface area contributed by atoms with Crippen LogP contribution in [-0.4, -0.2) is 19.5 Å². The summed E-state index contributed by atoms with van der Waals surface area (Å²) in [6.45, 7) is 0. The molecule has 0 saturated carbocycles. The Morgan fingerprint density at radius 1 is 0.377 bits per heavy atom. The van der Waals surface area contributed by atoms with Crippen LogP contribution in [0.4, 0.5) is 0 Å². The summed E-state index contributed by atoms with van der Waals surface area (Å²) in [6, 6.07) is 73.2. The van der Waals surface area contributed by atoms with Gasteiger partial charge in [-0.25, -0.2) is 15.0 Å². The third kappa shape index (κ3) is 4.86. The maximum atomic E-state index is 6.74. The number of benzene rings is 9. The number of hydrogen-bond donors (Lipinski definition) is 0. The van der Waals surface area contributed by atoms with Gasteiger partial charge in [-0.2, -0.15) is 0 Å². The predicted molar refractivity (Wildman–Crippen MR) is 245 cm³/mol. The first kappa shape index (κ1) is 33.8. The van der Waals surface area contributed by atoms with E-state index in [2.05, 4.69) is 174 Å². The summed E-state index contributed by atoms with van der Waals surface area (Å²) in [7, 11) is 0. The minimum Gasteiger partial charge on any atom is -0.457 e. The summed E-state index contributed by atoms with van der Waals surface area (Å²) in [5, 5.41) is 4.84. The number of nitrogens with zero attached hydrogens (tertiary/aromatic N) is 4. The average molecular weight is 779 g/mol. The predicted octanol–water partition coefficient (Wildman–Crippen LogP) is 13.6. The summed E-state index contributed by atoms with van der Waals surface area (Å²) >= 11 is 0. The lowest BCUT2D eigenvalue weighted by atomic mass is 9.66. The van der Waals surface area contributed by atoms with Gasteiger partial charge >= 0.3 is 0 Å². The molecule has 0 bridgehead atoms. The van der Waals surface area contributed by atoms with E-state index >= 15 is 0 Å². The number of para-hydroxylation sites is 3. The highest BCUT2D eigenvalue weighted by molar-refractivity contribution is 6.20. The molecule has 0 N–H and O–H groups in total. The molecule has 0 unspecified atom stereocenters. The Morgan fingerprint density at radius 3 is 1.61 bits per heavy atom. The third-order valence-electron chi connectivity index (χ3n) is 12.7. The Labute approximate surface area is 351 Å². The van der Waals surface area contributed by atoms with Crippen molar-refractivity contribution in [3.8, 4) is 62.5 Å². The molecule has 0 radical (unpaired) electrons. The highest BCUT2D eigenvalue weighted by Crippen LogP contribution is 2.63. The maximum absolute atomic E-state index is 6.74. The van der Waals surface area contributed by atoms with E-state index in [1.54, 1.807) is 0 Å². The van der Waals surface area contributed by atoms with Crippen molar-refractivity contribution in [2.45, 2.75) is 5.41 Å². The zero-order valence-corrected chi connectivity index (χ0v) is 32.8. The van der Waals surface area contributed by atoms with Gasteiger partial charge in [0.15, 0.2) is 17.5 Å². The van der Waals surface area contributed by atoms with Crippen LogP contribution in [0.5, 0.6) is 11.5 Å². The summed E-state index contributed by atoms with van der Waals surface area (Å²) < 4.78 is 9.21. The molecule has 11 aromatic rings. The zero-order valence-electron chi connectivity index (χ0n) is 32.8. The van der Waals surface area contributed by atoms with Crippen LogP contribution in [0.15, 0.2) is 206 Å². The molecule has 61 heavy (non-hydrogen) atoms. The van der Waals surface area contributed by atoms with Crippen molar-refractivity contribution in [1.82, 2.24) is 19.5 Å². The van der Waals surface area contributed by atoms with Gasteiger partial charge in [-0.15, -0.1) is 0 Å². The molecule has 1 aliphatic heterocycles. The molecular formula is C56H34N4O. The smallest absolute Gasteiger partial charge is 0.164 e. The molecule has 2 aromatic heterocycles. The Morgan fingerprint density at radius 2 is 0.934 bits per heavy atom. The Balaban J connectivity index is 1.15. The van der Waals surface area contributed by atoms with E-state index in [4.69, 9.17) is 19.7 Å². The zero-order chi connectivity index (χ0) is 40.1. The molecule has 0 fully saturated rings. The third-order valence-corrected chi connectivity index (χ3v) is 12.7. The van der Waals surface area contributed by atoms with Crippen LogP contribution in [0.25, 0.3) is 83.6 Å². The number of rotatable bonds is 4. The first-order valence-electron chi connectivity index (χ1n) is 20.7. The lowest BCUT2D eigenvalue weighted by Crippen LogP contribution is -2.32. The fraction of sp³-hybridized carbons (Fsp3) is 0.0179. The Bertz CT molecular complexity index is 3460. The number of fused-ring (bicyclic) bond motifs is 14. The Kier molecular flexibility index (Phi) is 7.16. The quantitative estimate of drug-likeness (QED) is 0.179. The maximum Gasteiger partial charge on any atom is 0.164 e. The van der Waals surface area contributed by atoms with E-state index in [1.807, 2.05) is 36.4 Å². The van der Waals surface area contributed by atoms with Crippen LogP contribution in [0, 0.1) is 0 Å². The van der Waals surface area contributed by atoms with Crippen LogP contribution in [-0.2, 0) is 5.41 Å². The molecule has 2 aliphatic rings. The van der Waals surface area contributed by atoms with E-state index < -0.39 is 5.41 Å². The van der Waals surface area contributed by atoms with Gasteiger partial charge in [0.25, 0.3) is 0 Å². The highest BCUT2D eigenvalue weighted by Gasteiger charge is 2.51. The first-order valence-corrected chi connectivity index (χ1v) is 20.7. The molecule has 9 aromatic carbocycles. The van der Waals surface area contributed by atoms with Crippen LogP contribution in [0.2, 0.25) is 0 Å². The van der Waals surface area contributed by atoms with Gasteiger partial charge in [0.2, 0.25) is 0 Å². The van der Waals surface area contributed by atoms with Gasteiger partial charge in [0.05, 0.1) is 16.4 Å². The molecule has 13 rings (SSSR count). The molecule has 1 aliphatic carbocycles. The van der Waals surface area contributed by atoms with E-state index in [0.29, 0.717) is 17.5 Å². The Hall–Kier alpha value is -8.15.